The highest BCUT2D eigenvalue weighted by Crippen LogP contribution is 2.64. The Morgan fingerprint density at radius 2 is 1.95 bits per heavy atom. The number of carbonyl (C=O) groups excluding carboxylic acids is 2. The van der Waals surface area contributed by atoms with Gasteiger partial charge in [0.1, 0.15) is 12.1 Å². The molecule has 0 aromatic rings. The summed E-state index contributed by atoms with van der Waals surface area (Å²) in [6, 6.07) is 0. The molecule has 3 aliphatic carbocycles. The van der Waals surface area contributed by atoms with Gasteiger partial charge in [-0.2, -0.15) is 0 Å². The van der Waals surface area contributed by atoms with Crippen molar-refractivity contribution in [3.05, 3.63) is 0 Å². The van der Waals surface area contributed by atoms with E-state index in [4.69, 9.17) is 0 Å². The van der Waals surface area contributed by atoms with E-state index in [2.05, 4.69) is 13.8 Å². The van der Waals surface area contributed by atoms with Gasteiger partial charge in [0.25, 0.3) is 0 Å². The SMILES string of the molecule is C[C@@H]1CC[C@H]2C(=O)C[C@@H]3[C@@](C)(C=O)CCC[C@@]3(C)[C@]2(O)C1. The first-order chi connectivity index (χ1) is 9.77. The van der Waals surface area contributed by atoms with Gasteiger partial charge < -0.3 is 9.90 Å². The van der Waals surface area contributed by atoms with E-state index in [1.54, 1.807) is 0 Å². The van der Waals surface area contributed by atoms with E-state index in [0.29, 0.717) is 18.8 Å². The lowest BCUT2D eigenvalue weighted by atomic mass is 9.42. The predicted octanol–water partition coefficient (Wildman–Crippen LogP) is 3.14. The zero-order chi connectivity index (χ0) is 15.5. The number of rotatable bonds is 1. The third kappa shape index (κ3) is 1.89. The molecule has 0 aromatic carbocycles. The molecule has 0 bridgehead atoms. The van der Waals surface area contributed by atoms with Crippen LogP contribution in [-0.4, -0.2) is 22.8 Å². The van der Waals surface area contributed by atoms with Crippen LogP contribution in [-0.2, 0) is 9.59 Å². The van der Waals surface area contributed by atoms with Gasteiger partial charge in [0, 0.05) is 23.2 Å². The Labute approximate surface area is 127 Å². The summed E-state index contributed by atoms with van der Waals surface area (Å²) in [5.74, 6) is 0.445. The average molecular weight is 292 g/mol. The van der Waals surface area contributed by atoms with E-state index in [1.807, 2.05) is 6.92 Å². The molecule has 0 aromatic heterocycles. The maximum atomic E-state index is 12.7. The standard InChI is InChI=1S/C18H28O3/c1-12-5-6-13-14(20)9-15-16(2,11-19)7-4-8-17(15,3)18(13,21)10-12/h11-13,15,21H,4-10H2,1-3H3/t12-,13+,15-,16-,17-,18+/m1/s1. The maximum Gasteiger partial charge on any atom is 0.139 e. The van der Waals surface area contributed by atoms with Crippen LogP contribution in [0.1, 0.15) is 65.7 Å². The Bertz CT molecular complexity index is 473. The molecule has 3 aliphatic rings. The number of fused-ring (bicyclic) bond motifs is 3. The molecule has 0 amide bonds. The van der Waals surface area contributed by atoms with Crippen molar-refractivity contribution in [1.82, 2.24) is 0 Å². The van der Waals surface area contributed by atoms with Crippen molar-refractivity contribution in [3.63, 3.8) is 0 Å². The molecule has 3 saturated carbocycles. The summed E-state index contributed by atoms with van der Waals surface area (Å²) >= 11 is 0. The maximum absolute atomic E-state index is 12.7. The summed E-state index contributed by atoms with van der Waals surface area (Å²) in [6.45, 7) is 6.31. The van der Waals surface area contributed by atoms with E-state index in [9.17, 15) is 14.7 Å². The Hall–Kier alpha value is -0.700. The number of hydrogen-bond donors (Lipinski definition) is 1. The quantitative estimate of drug-likeness (QED) is 0.755. The number of aliphatic hydroxyl groups is 1. The molecule has 6 atom stereocenters. The van der Waals surface area contributed by atoms with Crippen LogP contribution in [0.25, 0.3) is 0 Å². The van der Waals surface area contributed by atoms with Crippen LogP contribution in [0.5, 0.6) is 0 Å². The van der Waals surface area contributed by atoms with Crippen molar-refractivity contribution < 1.29 is 14.7 Å². The van der Waals surface area contributed by atoms with Gasteiger partial charge in [-0.3, -0.25) is 4.79 Å². The summed E-state index contributed by atoms with van der Waals surface area (Å²) < 4.78 is 0. The fraction of sp³-hybridized carbons (Fsp3) is 0.889. The van der Waals surface area contributed by atoms with E-state index in [0.717, 1.165) is 38.4 Å². The minimum absolute atomic E-state index is 0.00435. The smallest absolute Gasteiger partial charge is 0.139 e. The molecule has 1 N–H and O–H groups in total. The highest BCUT2D eigenvalue weighted by molar-refractivity contribution is 5.85. The largest absolute Gasteiger partial charge is 0.389 e. The second kappa shape index (κ2) is 4.65. The zero-order valence-corrected chi connectivity index (χ0v) is 13.5. The van der Waals surface area contributed by atoms with Crippen LogP contribution in [0.4, 0.5) is 0 Å². The Morgan fingerprint density at radius 3 is 2.62 bits per heavy atom. The van der Waals surface area contributed by atoms with Crippen LogP contribution in [0.15, 0.2) is 0 Å². The fourth-order valence-corrected chi connectivity index (χ4v) is 5.90. The van der Waals surface area contributed by atoms with Crippen molar-refractivity contribution in [2.24, 2.45) is 28.6 Å². The van der Waals surface area contributed by atoms with Gasteiger partial charge in [0.15, 0.2) is 0 Å². The molecule has 3 rings (SSSR count). The highest BCUT2D eigenvalue weighted by Gasteiger charge is 2.66. The van der Waals surface area contributed by atoms with Gasteiger partial charge in [-0.25, -0.2) is 0 Å². The summed E-state index contributed by atoms with van der Waals surface area (Å²) in [4.78, 5) is 24.4. The van der Waals surface area contributed by atoms with Crippen LogP contribution in [0.2, 0.25) is 0 Å². The molecular weight excluding hydrogens is 264 g/mol. The van der Waals surface area contributed by atoms with Crippen LogP contribution in [0, 0.1) is 28.6 Å². The number of ketones is 1. The number of hydrogen-bond acceptors (Lipinski definition) is 3. The monoisotopic (exact) mass is 292 g/mol. The van der Waals surface area contributed by atoms with E-state index in [1.165, 1.54) is 0 Å². The lowest BCUT2D eigenvalue weighted by molar-refractivity contribution is -0.223. The summed E-state index contributed by atoms with van der Waals surface area (Å²) in [5, 5.41) is 11.6. The van der Waals surface area contributed by atoms with Gasteiger partial charge in [0.05, 0.1) is 5.60 Å². The van der Waals surface area contributed by atoms with E-state index in [-0.39, 0.29) is 23.0 Å². The number of aldehydes is 1. The van der Waals surface area contributed by atoms with Crippen molar-refractivity contribution in [3.8, 4) is 0 Å². The first-order valence-electron chi connectivity index (χ1n) is 8.48. The van der Waals surface area contributed by atoms with Crippen molar-refractivity contribution >= 4 is 12.1 Å². The molecule has 3 fully saturated rings. The molecule has 0 heterocycles. The highest BCUT2D eigenvalue weighted by atomic mass is 16.3. The van der Waals surface area contributed by atoms with Gasteiger partial charge in [-0.15, -0.1) is 0 Å². The van der Waals surface area contributed by atoms with Crippen molar-refractivity contribution in [2.45, 2.75) is 71.3 Å². The summed E-state index contributed by atoms with van der Waals surface area (Å²) in [7, 11) is 0. The fourth-order valence-electron chi connectivity index (χ4n) is 5.90. The van der Waals surface area contributed by atoms with Crippen molar-refractivity contribution in [1.29, 1.82) is 0 Å². The molecule has 3 heteroatoms. The third-order valence-electron chi connectivity index (χ3n) is 7.21. The molecule has 0 aliphatic heterocycles. The second-order valence-electron chi connectivity index (χ2n) is 8.48. The molecule has 0 radical (unpaired) electrons. The Balaban J connectivity index is 2.08. The Morgan fingerprint density at radius 1 is 1.24 bits per heavy atom. The lowest BCUT2D eigenvalue weighted by Crippen LogP contribution is -2.67. The Kier molecular flexibility index (Phi) is 3.36. The molecule has 0 spiro atoms. The molecule has 21 heavy (non-hydrogen) atoms. The molecule has 3 nitrogen and oxygen atoms in total. The van der Waals surface area contributed by atoms with Gasteiger partial charge in [-0.1, -0.05) is 27.2 Å². The summed E-state index contributed by atoms with van der Waals surface area (Å²) in [6.07, 6.45) is 6.85. The molecule has 0 saturated heterocycles. The molecule has 0 unspecified atom stereocenters. The zero-order valence-electron chi connectivity index (χ0n) is 13.5. The molecular formula is C18H28O3. The van der Waals surface area contributed by atoms with Gasteiger partial charge >= 0.3 is 0 Å². The van der Waals surface area contributed by atoms with Gasteiger partial charge in [0.2, 0.25) is 0 Å². The summed E-state index contributed by atoms with van der Waals surface area (Å²) in [5.41, 5.74) is -1.66. The normalized spacial score (nSPS) is 53.7. The third-order valence-corrected chi connectivity index (χ3v) is 7.21. The van der Waals surface area contributed by atoms with Gasteiger partial charge in [-0.05, 0) is 43.9 Å². The lowest BCUT2D eigenvalue weighted by Gasteiger charge is -2.63. The molecule has 118 valence electrons. The van der Waals surface area contributed by atoms with Crippen LogP contribution >= 0.6 is 0 Å². The number of Topliss-reactive ketones (excluding diaryl/α,β-unsaturated/α-hetero) is 1. The van der Waals surface area contributed by atoms with Crippen LogP contribution in [0.3, 0.4) is 0 Å². The first kappa shape index (κ1) is 15.2. The van der Waals surface area contributed by atoms with Crippen molar-refractivity contribution in [2.75, 3.05) is 0 Å². The predicted molar refractivity (Wildman–Crippen MR) is 80.7 cm³/mol. The van der Waals surface area contributed by atoms with E-state index >= 15 is 0 Å². The topological polar surface area (TPSA) is 54.4 Å². The second-order valence-corrected chi connectivity index (χ2v) is 8.48. The van der Waals surface area contributed by atoms with Crippen LogP contribution < -0.4 is 0 Å². The number of carbonyl (C=O) groups is 2. The minimum Gasteiger partial charge on any atom is -0.389 e. The minimum atomic E-state index is -0.907. The van der Waals surface area contributed by atoms with E-state index < -0.39 is 11.0 Å². The first-order valence-corrected chi connectivity index (χ1v) is 8.48. The average Bonchev–Trinajstić information content (AvgIpc) is 2.42.